The zero-order chi connectivity index (χ0) is 12.3. The number of anilines is 1. The molecule has 2 rings (SSSR count). The maximum Gasteiger partial charge on any atom is 0.126 e. The summed E-state index contributed by atoms with van der Waals surface area (Å²) in [6.45, 7) is 2.21. The van der Waals surface area contributed by atoms with E-state index in [0.29, 0.717) is 5.92 Å². The molecule has 2 N–H and O–H groups in total. The predicted octanol–water partition coefficient (Wildman–Crippen LogP) is 3.39. The van der Waals surface area contributed by atoms with Crippen LogP contribution in [0.3, 0.4) is 0 Å². The van der Waals surface area contributed by atoms with Gasteiger partial charge >= 0.3 is 0 Å². The molecule has 1 saturated carbocycles. The maximum absolute atomic E-state index is 6.15. The average Bonchev–Trinajstić information content (AvgIpc) is 2.65. The van der Waals surface area contributed by atoms with Crippen LogP contribution in [0.2, 0.25) is 0 Å². The van der Waals surface area contributed by atoms with Crippen LogP contribution in [0.25, 0.3) is 0 Å². The third-order valence-corrected chi connectivity index (χ3v) is 3.99. The van der Waals surface area contributed by atoms with Gasteiger partial charge in [0.2, 0.25) is 0 Å². The van der Waals surface area contributed by atoms with Crippen molar-refractivity contribution in [2.24, 2.45) is 7.05 Å². The molecule has 0 unspecified atom stereocenters. The average molecular weight is 235 g/mol. The smallest absolute Gasteiger partial charge is 0.126 e. The van der Waals surface area contributed by atoms with Crippen LogP contribution >= 0.6 is 0 Å². The van der Waals surface area contributed by atoms with Gasteiger partial charge in [-0.25, -0.2) is 4.98 Å². The van der Waals surface area contributed by atoms with E-state index in [1.165, 1.54) is 50.8 Å². The Balaban J connectivity index is 2.16. The molecule has 0 bridgehead atoms. The molecule has 1 fully saturated rings. The van der Waals surface area contributed by atoms with Gasteiger partial charge in [-0.05, 0) is 25.7 Å². The number of aryl methyl sites for hydroxylation is 1. The molecule has 1 aromatic rings. The number of nitrogens with zero attached hydrogens (tertiary/aromatic N) is 2. The second-order valence-electron chi connectivity index (χ2n) is 5.30. The molecule has 1 heterocycles. The second-order valence-corrected chi connectivity index (χ2v) is 5.30. The van der Waals surface area contributed by atoms with Gasteiger partial charge in [0, 0.05) is 13.0 Å². The lowest BCUT2D eigenvalue weighted by Gasteiger charge is -2.21. The van der Waals surface area contributed by atoms with Crippen molar-refractivity contribution in [3.8, 4) is 0 Å². The van der Waals surface area contributed by atoms with Crippen molar-refractivity contribution in [1.29, 1.82) is 0 Å². The summed E-state index contributed by atoms with van der Waals surface area (Å²) >= 11 is 0. The number of hydrogen-bond donors (Lipinski definition) is 1. The summed E-state index contributed by atoms with van der Waals surface area (Å²) in [5, 5.41) is 0. The van der Waals surface area contributed by atoms with E-state index in [1.54, 1.807) is 0 Å². The van der Waals surface area contributed by atoms with Gasteiger partial charge in [-0.3, -0.25) is 0 Å². The second kappa shape index (κ2) is 5.56. The molecule has 0 amide bonds. The highest BCUT2D eigenvalue weighted by atomic mass is 15.1. The van der Waals surface area contributed by atoms with Crippen LogP contribution in [0, 0.1) is 0 Å². The summed E-state index contributed by atoms with van der Waals surface area (Å²) in [6, 6.07) is 0. The Kier molecular flexibility index (Phi) is 4.08. The van der Waals surface area contributed by atoms with Crippen LogP contribution in [-0.4, -0.2) is 9.55 Å². The summed E-state index contributed by atoms with van der Waals surface area (Å²) in [7, 11) is 2.07. The van der Waals surface area contributed by atoms with E-state index in [2.05, 4.69) is 18.5 Å². The number of aromatic nitrogens is 2. The number of imidazole rings is 1. The number of rotatable bonds is 4. The Bertz CT molecular complexity index is 362. The summed E-state index contributed by atoms with van der Waals surface area (Å²) in [4.78, 5) is 4.81. The number of nitrogens with two attached hydrogens (primary N) is 1. The fourth-order valence-electron chi connectivity index (χ4n) is 2.84. The zero-order valence-corrected chi connectivity index (χ0v) is 11.2. The highest BCUT2D eigenvalue weighted by Gasteiger charge is 2.22. The van der Waals surface area contributed by atoms with Gasteiger partial charge in [-0.15, -0.1) is 0 Å². The minimum atomic E-state index is 0.645. The molecule has 0 saturated heterocycles. The predicted molar refractivity (Wildman–Crippen MR) is 72.1 cm³/mol. The van der Waals surface area contributed by atoms with E-state index in [1.807, 2.05) is 0 Å². The lowest BCUT2D eigenvalue weighted by Crippen LogP contribution is -2.11. The molecule has 0 aromatic carbocycles. The maximum atomic E-state index is 6.15. The van der Waals surface area contributed by atoms with Gasteiger partial charge in [-0.2, -0.15) is 0 Å². The van der Waals surface area contributed by atoms with Crippen molar-refractivity contribution >= 4 is 5.82 Å². The number of unbranched alkanes of at least 4 members (excludes halogenated alkanes) is 1. The molecule has 1 aliphatic carbocycles. The van der Waals surface area contributed by atoms with Crippen LogP contribution in [0.5, 0.6) is 0 Å². The quantitative estimate of drug-likeness (QED) is 0.869. The fraction of sp³-hybridized carbons (Fsp3) is 0.786. The third-order valence-electron chi connectivity index (χ3n) is 3.99. The minimum absolute atomic E-state index is 0.645. The highest BCUT2D eigenvalue weighted by Crippen LogP contribution is 2.33. The summed E-state index contributed by atoms with van der Waals surface area (Å²) in [5.74, 6) is 2.76. The first-order valence-corrected chi connectivity index (χ1v) is 7.05. The van der Waals surface area contributed by atoms with Gasteiger partial charge < -0.3 is 10.3 Å². The molecule has 3 nitrogen and oxygen atoms in total. The van der Waals surface area contributed by atoms with Crippen molar-refractivity contribution in [2.75, 3.05) is 5.73 Å². The Hall–Kier alpha value is -0.990. The van der Waals surface area contributed by atoms with Crippen LogP contribution in [0.1, 0.15) is 69.3 Å². The van der Waals surface area contributed by atoms with Crippen LogP contribution in [0.15, 0.2) is 0 Å². The van der Waals surface area contributed by atoms with E-state index in [-0.39, 0.29) is 0 Å². The fourth-order valence-corrected chi connectivity index (χ4v) is 2.84. The molecule has 0 spiro atoms. The van der Waals surface area contributed by atoms with E-state index in [0.717, 1.165) is 17.9 Å². The topological polar surface area (TPSA) is 43.8 Å². The van der Waals surface area contributed by atoms with E-state index < -0.39 is 0 Å². The van der Waals surface area contributed by atoms with E-state index in [4.69, 9.17) is 10.7 Å². The molecule has 0 atom stereocenters. The van der Waals surface area contributed by atoms with Crippen LogP contribution < -0.4 is 5.73 Å². The molecule has 96 valence electrons. The first-order valence-electron chi connectivity index (χ1n) is 7.05. The summed E-state index contributed by atoms with van der Waals surface area (Å²) < 4.78 is 2.13. The van der Waals surface area contributed by atoms with Crippen LogP contribution in [-0.2, 0) is 13.5 Å². The summed E-state index contributed by atoms with van der Waals surface area (Å²) in [6.07, 6.45) is 10.1. The third kappa shape index (κ3) is 2.64. The standard InChI is InChI=1S/C14H25N3/c1-3-4-10-12-13(15)17(2)14(16-12)11-8-6-5-7-9-11/h11H,3-10,15H2,1-2H3. The van der Waals surface area contributed by atoms with Crippen molar-refractivity contribution < 1.29 is 0 Å². The van der Waals surface area contributed by atoms with Crippen molar-refractivity contribution in [1.82, 2.24) is 9.55 Å². The Morgan fingerprint density at radius 1 is 1.29 bits per heavy atom. The van der Waals surface area contributed by atoms with Crippen molar-refractivity contribution in [3.05, 3.63) is 11.5 Å². The molecule has 1 aliphatic rings. The Morgan fingerprint density at radius 3 is 2.65 bits per heavy atom. The first kappa shape index (κ1) is 12.5. The Morgan fingerprint density at radius 2 is 2.00 bits per heavy atom. The summed E-state index contributed by atoms with van der Waals surface area (Å²) in [5.41, 5.74) is 7.27. The molecule has 17 heavy (non-hydrogen) atoms. The van der Waals surface area contributed by atoms with Crippen molar-refractivity contribution in [3.63, 3.8) is 0 Å². The SMILES string of the molecule is CCCCc1nc(C2CCCCC2)n(C)c1N. The molecule has 0 aliphatic heterocycles. The number of nitrogen functional groups attached to an aromatic ring is 1. The first-order chi connectivity index (χ1) is 8.24. The molecular weight excluding hydrogens is 210 g/mol. The van der Waals surface area contributed by atoms with Gasteiger partial charge in [0.1, 0.15) is 11.6 Å². The molecule has 3 heteroatoms. The molecule has 1 aromatic heterocycles. The van der Waals surface area contributed by atoms with Gasteiger partial charge in [0.05, 0.1) is 5.69 Å². The molecule has 0 radical (unpaired) electrons. The zero-order valence-electron chi connectivity index (χ0n) is 11.2. The van der Waals surface area contributed by atoms with Gasteiger partial charge in [-0.1, -0.05) is 32.6 Å². The van der Waals surface area contributed by atoms with E-state index >= 15 is 0 Å². The molecular formula is C14H25N3. The largest absolute Gasteiger partial charge is 0.384 e. The van der Waals surface area contributed by atoms with Gasteiger partial charge in [0.15, 0.2) is 0 Å². The Labute approximate surface area is 104 Å². The number of hydrogen-bond acceptors (Lipinski definition) is 2. The minimum Gasteiger partial charge on any atom is -0.384 e. The lowest BCUT2D eigenvalue weighted by molar-refractivity contribution is 0.421. The van der Waals surface area contributed by atoms with Gasteiger partial charge in [0.25, 0.3) is 0 Å². The lowest BCUT2D eigenvalue weighted by atomic mass is 9.89. The highest BCUT2D eigenvalue weighted by molar-refractivity contribution is 5.38. The van der Waals surface area contributed by atoms with Crippen molar-refractivity contribution in [2.45, 2.75) is 64.2 Å². The normalized spacial score (nSPS) is 17.5. The van der Waals surface area contributed by atoms with Crippen LogP contribution in [0.4, 0.5) is 5.82 Å². The monoisotopic (exact) mass is 235 g/mol. The van der Waals surface area contributed by atoms with E-state index in [9.17, 15) is 0 Å².